The Morgan fingerprint density at radius 3 is 2.95 bits per heavy atom. The number of hydrogen-bond donors (Lipinski definition) is 3. The van der Waals surface area contributed by atoms with Crippen molar-refractivity contribution in [2.75, 3.05) is 24.7 Å². The van der Waals surface area contributed by atoms with Gasteiger partial charge in [0.15, 0.2) is 5.65 Å². The molecule has 1 aliphatic heterocycles. The third kappa shape index (κ3) is 2.82. The molecule has 3 heterocycles. The molecule has 0 bridgehead atoms. The van der Waals surface area contributed by atoms with Crippen LogP contribution in [0.5, 0.6) is 0 Å². The van der Waals surface area contributed by atoms with Gasteiger partial charge in [0.25, 0.3) is 0 Å². The Morgan fingerprint density at radius 1 is 1.38 bits per heavy atom. The van der Waals surface area contributed by atoms with E-state index < -0.39 is 0 Å². The van der Waals surface area contributed by atoms with Gasteiger partial charge < -0.3 is 20.7 Å². The van der Waals surface area contributed by atoms with Crippen LogP contribution in [-0.2, 0) is 4.74 Å². The quantitative estimate of drug-likeness (QED) is 0.528. The molecule has 0 radical (unpaired) electrons. The summed E-state index contributed by atoms with van der Waals surface area (Å²) in [5, 5.41) is 18.8. The van der Waals surface area contributed by atoms with Crippen molar-refractivity contribution < 1.29 is 14.9 Å². The smallest absolute Gasteiger partial charge is 0.223 e. The van der Waals surface area contributed by atoms with Gasteiger partial charge in [0.2, 0.25) is 5.95 Å². The van der Waals surface area contributed by atoms with E-state index in [1.807, 2.05) is 4.57 Å². The number of rotatable bonds is 5. The van der Waals surface area contributed by atoms with E-state index in [1.54, 1.807) is 6.33 Å². The van der Waals surface area contributed by atoms with E-state index in [-0.39, 0.29) is 31.5 Å². The number of aromatic nitrogens is 4. The maximum absolute atomic E-state index is 9.16. The molecule has 1 saturated heterocycles. The normalized spacial score (nSPS) is 22.2. The Balaban J connectivity index is 1.96. The molecule has 2 aromatic rings. The van der Waals surface area contributed by atoms with E-state index in [4.69, 9.17) is 20.7 Å². The lowest BCUT2D eigenvalue weighted by Crippen LogP contribution is -2.14. The molecule has 1 aliphatic rings. The highest BCUT2D eigenvalue weighted by atomic mass is 32.2. The lowest BCUT2D eigenvalue weighted by molar-refractivity contribution is -0.0207. The topological polar surface area (TPSA) is 119 Å². The van der Waals surface area contributed by atoms with Gasteiger partial charge in [0.1, 0.15) is 16.8 Å². The lowest BCUT2D eigenvalue weighted by Gasteiger charge is -2.14. The molecule has 0 spiro atoms. The fraction of sp³-hybridized carbons (Fsp3) is 0.583. The van der Waals surface area contributed by atoms with Crippen LogP contribution in [0.3, 0.4) is 0 Å². The van der Waals surface area contributed by atoms with Crippen molar-refractivity contribution in [3.05, 3.63) is 6.33 Å². The zero-order valence-electron chi connectivity index (χ0n) is 11.3. The molecule has 9 heteroatoms. The van der Waals surface area contributed by atoms with Gasteiger partial charge in [-0.1, -0.05) is 0 Å². The van der Waals surface area contributed by atoms with Gasteiger partial charge in [-0.25, -0.2) is 9.97 Å². The molecule has 2 unspecified atom stereocenters. The third-order valence-corrected chi connectivity index (χ3v) is 4.28. The lowest BCUT2D eigenvalue weighted by atomic mass is 10.2. The van der Waals surface area contributed by atoms with E-state index in [9.17, 15) is 0 Å². The zero-order chi connectivity index (χ0) is 14.8. The van der Waals surface area contributed by atoms with Gasteiger partial charge in [0.05, 0.1) is 25.6 Å². The number of anilines is 1. The summed E-state index contributed by atoms with van der Waals surface area (Å²) in [4.78, 5) is 12.8. The van der Waals surface area contributed by atoms with Gasteiger partial charge in [-0.15, -0.1) is 11.8 Å². The molecule has 0 aromatic carbocycles. The number of thioether (sulfide) groups is 1. The number of ether oxygens (including phenoxy) is 1. The molecule has 4 N–H and O–H groups in total. The second-order valence-electron chi connectivity index (χ2n) is 4.76. The van der Waals surface area contributed by atoms with Crippen molar-refractivity contribution >= 4 is 28.9 Å². The second kappa shape index (κ2) is 6.14. The Labute approximate surface area is 125 Å². The first-order valence-electron chi connectivity index (χ1n) is 6.73. The zero-order valence-corrected chi connectivity index (χ0v) is 12.2. The van der Waals surface area contributed by atoms with Crippen LogP contribution in [0.4, 0.5) is 5.95 Å². The van der Waals surface area contributed by atoms with Crippen LogP contribution < -0.4 is 5.73 Å². The predicted molar refractivity (Wildman–Crippen MR) is 77.8 cm³/mol. The summed E-state index contributed by atoms with van der Waals surface area (Å²) in [6.45, 7) is 0.0680. The van der Waals surface area contributed by atoms with Gasteiger partial charge >= 0.3 is 0 Å². The maximum Gasteiger partial charge on any atom is 0.223 e. The highest BCUT2D eigenvalue weighted by Gasteiger charge is 2.28. The molecule has 21 heavy (non-hydrogen) atoms. The van der Waals surface area contributed by atoms with E-state index in [0.29, 0.717) is 21.9 Å². The minimum Gasteiger partial charge on any atom is -0.396 e. The number of imidazole rings is 1. The van der Waals surface area contributed by atoms with Gasteiger partial charge in [-0.2, -0.15) is 4.98 Å². The number of nitrogens with zero attached hydrogens (tertiary/aromatic N) is 4. The van der Waals surface area contributed by atoms with Gasteiger partial charge in [0, 0.05) is 5.75 Å². The molecule has 2 aromatic heterocycles. The largest absolute Gasteiger partial charge is 0.396 e. The molecular weight excluding hydrogens is 294 g/mol. The Morgan fingerprint density at radius 2 is 2.24 bits per heavy atom. The van der Waals surface area contributed by atoms with E-state index in [2.05, 4.69) is 15.0 Å². The first-order chi connectivity index (χ1) is 10.2. The summed E-state index contributed by atoms with van der Waals surface area (Å²) in [6, 6.07) is 0. The monoisotopic (exact) mass is 311 g/mol. The Hall–Kier alpha value is -1.42. The summed E-state index contributed by atoms with van der Waals surface area (Å²) < 4.78 is 7.57. The molecule has 3 rings (SSSR count). The minimum absolute atomic E-state index is 0.0118. The highest BCUT2D eigenvalue weighted by Crippen LogP contribution is 2.32. The molecular formula is C12H17N5O3S. The van der Waals surface area contributed by atoms with Crippen LogP contribution in [0.1, 0.15) is 19.1 Å². The Bertz CT molecular complexity index is 635. The van der Waals surface area contributed by atoms with Crippen LogP contribution in [0, 0.1) is 0 Å². The third-order valence-electron chi connectivity index (χ3n) is 3.34. The molecule has 0 amide bonds. The average Bonchev–Trinajstić information content (AvgIpc) is 3.10. The molecule has 114 valence electrons. The highest BCUT2D eigenvalue weighted by molar-refractivity contribution is 7.99. The van der Waals surface area contributed by atoms with E-state index in [0.717, 1.165) is 12.8 Å². The van der Waals surface area contributed by atoms with Gasteiger partial charge in [-0.05, 0) is 12.8 Å². The molecule has 8 nitrogen and oxygen atoms in total. The summed E-state index contributed by atoms with van der Waals surface area (Å²) in [7, 11) is 0. The first kappa shape index (κ1) is 14.5. The van der Waals surface area contributed by atoms with Crippen molar-refractivity contribution in [3.8, 4) is 0 Å². The second-order valence-corrected chi connectivity index (χ2v) is 5.84. The number of aliphatic hydroxyl groups excluding tert-OH is 2. The number of fused-ring (bicyclic) bond motifs is 1. The van der Waals surface area contributed by atoms with Crippen molar-refractivity contribution in [3.63, 3.8) is 0 Å². The summed E-state index contributed by atoms with van der Waals surface area (Å²) in [5.41, 5.74) is 7.03. The fourth-order valence-electron chi connectivity index (χ4n) is 2.39. The van der Waals surface area contributed by atoms with Crippen molar-refractivity contribution in [1.29, 1.82) is 0 Å². The van der Waals surface area contributed by atoms with E-state index >= 15 is 0 Å². The predicted octanol–water partition coefficient (Wildman–Crippen LogP) is 0.163. The summed E-state index contributed by atoms with van der Waals surface area (Å²) in [5.74, 6) is 0.687. The summed E-state index contributed by atoms with van der Waals surface area (Å²) in [6.07, 6.45) is 2.91. The van der Waals surface area contributed by atoms with Crippen LogP contribution >= 0.6 is 11.8 Å². The van der Waals surface area contributed by atoms with Crippen molar-refractivity contribution in [1.82, 2.24) is 19.5 Å². The maximum atomic E-state index is 9.16. The molecule has 0 aliphatic carbocycles. The number of nitrogen functional groups attached to an aromatic ring is 1. The van der Waals surface area contributed by atoms with Gasteiger partial charge in [-0.3, -0.25) is 4.57 Å². The van der Waals surface area contributed by atoms with Crippen molar-refractivity contribution in [2.24, 2.45) is 0 Å². The Kier molecular flexibility index (Phi) is 4.24. The fourth-order valence-corrected chi connectivity index (χ4v) is 3.11. The SMILES string of the molecule is Nc1nc(SCCO)c2ncn(C3CCC(CO)O3)c2n1. The average molecular weight is 311 g/mol. The molecule has 2 atom stereocenters. The van der Waals surface area contributed by atoms with Crippen molar-refractivity contribution in [2.45, 2.75) is 30.2 Å². The van der Waals surface area contributed by atoms with Crippen LogP contribution in [0.25, 0.3) is 11.2 Å². The van der Waals surface area contributed by atoms with E-state index in [1.165, 1.54) is 11.8 Å². The van der Waals surface area contributed by atoms with Crippen LogP contribution in [-0.4, -0.2) is 54.8 Å². The molecule has 0 saturated carbocycles. The first-order valence-corrected chi connectivity index (χ1v) is 7.71. The van der Waals surface area contributed by atoms with Crippen LogP contribution in [0.15, 0.2) is 11.4 Å². The standard InChI is InChI=1S/C12H17N5O3S/c13-12-15-10-9(11(16-12)21-4-3-18)14-6-17(10)8-2-1-7(5-19)20-8/h6-8,18-19H,1-5H2,(H2,13,15,16). The van der Waals surface area contributed by atoms with Crippen LogP contribution in [0.2, 0.25) is 0 Å². The number of hydrogen-bond acceptors (Lipinski definition) is 8. The number of nitrogens with two attached hydrogens (primary N) is 1. The summed E-state index contributed by atoms with van der Waals surface area (Å²) >= 11 is 1.39. The minimum atomic E-state index is -0.197. The molecule has 1 fully saturated rings. The number of aliphatic hydroxyl groups is 2.